The van der Waals surface area contributed by atoms with Gasteiger partial charge in [0.2, 0.25) is 0 Å². The van der Waals surface area contributed by atoms with E-state index >= 15 is 0 Å². The summed E-state index contributed by atoms with van der Waals surface area (Å²) >= 11 is 0. The van der Waals surface area contributed by atoms with E-state index in [0.717, 1.165) is 18.8 Å². The maximum atomic E-state index is 11.5. The lowest BCUT2D eigenvalue weighted by molar-refractivity contribution is 0.488. The van der Waals surface area contributed by atoms with Crippen LogP contribution < -0.4 is 10.6 Å². The van der Waals surface area contributed by atoms with Gasteiger partial charge in [0, 0.05) is 18.1 Å². The third-order valence-corrected chi connectivity index (χ3v) is 5.16. The summed E-state index contributed by atoms with van der Waals surface area (Å²) in [7, 11) is -2.82. The molecular formula is C14H30IN3O2S. The molecule has 126 valence electrons. The van der Waals surface area contributed by atoms with Gasteiger partial charge < -0.3 is 10.6 Å². The number of rotatable bonds is 4. The number of guanidine groups is 1. The molecule has 2 N–H and O–H groups in total. The molecular weight excluding hydrogens is 401 g/mol. The van der Waals surface area contributed by atoms with Gasteiger partial charge in [0.1, 0.15) is 0 Å². The third-order valence-electron chi connectivity index (χ3n) is 3.32. The van der Waals surface area contributed by atoms with Crippen LogP contribution in [0.1, 0.15) is 47.5 Å². The highest BCUT2D eigenvalue weighted by molar-refractivity contribution is 14.0. The number of hydrogen-bond acceptors (Lipinski definition) is 3. The lowest BCUT2D eigenvalue weighted by Gasteiger charge is -2.26. The summed E-state index contributed by atoms with van der Waals surface area (Å²) in [4.78, 5) is 4.57. The van der Waals surface area contributed by atoms with E-state index in [1.165, 1.54) is 0 Å². The Balaban J connectivity index is 0.00000400. The zero-order chi connectivity index (χ0) is 15.4. The van der Waals surface area contributed by atoms with Crippen molar-refractivity contribution in [3.8, 4) is 0 Å². The molecule has 1 fully saturated rings. The fourth-order valence-electron chi connectivity index (χ4n) is 2.05. The number of nitrogens with one attached hydrogen (secondary N) is 2. The second-order valence-electron chi connectivity index (χ2n) is 6.79. The van der Waals surface area contributed by atoms with Gasteiger partial charge >= 0.3 is 0 Å². The molecule has 0 aromatic carbocycles. The predicted molar refractivity (Wildman–Crippen MR) is 100 cm³/mol. The van der Waals surface area contributed by atoms with Gasteiger partial charge in [-0.05, 0) is 46.5 Å². The second kappa shape index (κ2) is 8.55. The Hall–Kier alpha value is -0.0500. The molecule has 1 heterocycles. The number of hydrogen-bond donors (Lipinski definition) is 2. The van der Waals surface area contributed by atoms with Crippen molar-refractivity contribution in [3.05, 3.63) is 0 Å². The van der Waals surface area contributed by atoms with Gasteiger partial charge in [0.05, 0.1) is 11.5 Å². The molecule has 5 nitrogen and oxygen atoms in total. The summed E-state index contributed by atoms with van der Waals surface area (Å²) in [5.74, 6) is 1.53. The summed E-state index contributed by atoms with van der Waals surface area (Å²) in [6, 6.07) is 0.343. The number of aliphatic imine (C=N–C) groups is 1. The molecule has 21 heavy (non-hydrogen) atoms. The molecule has 0 aromatic heterocycles. The van der Waals surface area contributed by atoms with Crippen LogP contribution in [0.5, 0.6) is 0 Å². The van der Waals surface area contributed by atoms with E-state index in [4.69, 9.17) is 0 Å². The molecule has 0 saturated carbocycles. The van der Waals surface area contributed by atoms with Crippen LogP contribution in [0.25, 0.3) is 0 Å². The van der Waals surface area contributed by atoms with E-state index in [1.807, 2.05) is 0 Å². The first-order valence-corrected chi connectivity index (χ1v) is 9.23. The molecule has 2 atom stereocenters. The van der Waals surface area contributed by atoms with Gasteiger partial charge in [-0.15, -0.1) is 24.0 Å². The lowest BCUT2D eigenvalue weighted by atomic mass is 10.1. The Labute approximate surface area is 146 Å². The van der Waals surface area contributed by atoms with Gasteiger partial charge in [-0.2, -0.15) is 0 Å². The minimum Gasteiger partial charge on any atom is -0.354 e. The van der Waals surface area contributed by atoms with Crippen molar-refractivity contribution in [3.63, 3.8) is 0 Å². The zero-order valence-corrected chi connectivity index (χ0v) is 16.9. The fourth-order valence-corrected chi connectivity index (χ4v) is 3.90. The Kier molecular flexibility index (Phi) is 8.53. The summed E-state index contributed by atoms with van der Waals surface area (Å²) < 4.78 is 22.9. The number of nitrogens with zero attached hydrogens (tertiary/aromatic N) is 1. The number of halogens is 1. The van der Waals surface area contributed by atoms with Crippen LogP contribution in [-0.4, -0.2) is 44.0 Å². The van der Waals surface area contributed by atoms with Crippen molar-refractivity contribution >= 4 is 39.8 Å². The van der Waals surface area contributed by atoms with Crippen molar-refractivity contribution in [1.29, 1.82) is 0 Å². The fraction of sp³-hybridized carbons (Fsp3) is 0.929. The van der Waals surface area contributed by atoms with E-state index in [-0.39, 0.29) is 41.2 Å². The Morgan fingerprint density at radius 3 is 2.43 bits per heavy atom. The largest absolute Gasteiger partial charge is 0.354 e. The molecule has 1 saturated heterocycles. The third kappa shape index (κ3) is 8.85. The molecule has 1 rings (SSSR count). The van der Waals surface area contributed by atoms with Gasteiger partial charge in [-0.25, -0.2) is 8.42 Å². The quantitative estimate of drug-likeness (QED) is 0.407. The molecule has 0 aliphatic carbocycles. The van der Waals surface area contributed by atoms with Crippen LogP contribution in [0.15, 0.2) is 4.99 Å². The smallest absolute Gasteiger partial charge is 0.191 e. The normalized spacial score (nSPS) is 23.3. The van der Waals surface area contributed by atoms with Gasteiger partial charge in [-0.3, -0.25) is 4.99 Å². The average Bonchev–Trinajstić information content (AvgIpc) is 2.64. The van der Waals surface area contributed by atoms with Crippen LogP contribution in [0.4, 0.5) is 0 Å². The van der Waals surface area contributed by atoms with Crippen molar-refractivity contribution in [1.82, 2.24) is 10.6 Å². The van der Waals surface area contributed by atoms with Gasteiger partial charge in [0.15, 0.2) is 15.8 Å². The Morgan fingerprint density at radius 2 is 2.00 bits per heavy atom. The highest BCUT2D eigenvalue weighted by Gasteiger charge is 2.27. The molecule has 1 aliphatic rings. The maximum absolute atomic E-state index is 11.5. The monoisotopic (exact) mass is 431 g/mol. The molecule has 0 radical (unpaired) electrons. The van der Waals surface area contributed by atoms with E-state index in [2.05, 4.69) is 50.2 Å². The number of sulfone groups is 1. The topological polar surface area (TPSA) is 70.6 Å². The maximum Gasteiger partial charge on any atom is 0.191 e. The molecule has 0 amide bonds. The summed E-state index contributed by atoms with van der Waals surface area (Å²) in [6.07, 6.45) is 1.75. The van der Waals surface area contributed by atoms with Crippen molar-refractivity contribution in [2.75, 3.05) is 18.1 Å². The molecule has 0 aromatic rings. The average molecular weight is 431 g/mol. The van der Waals surface area contributed by atoms with E-state index in [1.54, 1.807) is 0 Å². The van der Waals surface area contributed by atoms with Crippen LogP contribution in [0.3, 0.4) is 0 Å². The van der Waals surface area contributed by atoms with E-state index in [0.29, 0.717) is 18.3 Å². The first-order valence-electron chi connectivity index (χ1n) is 7.41. The van der Waals surface area contributed by atoms with Crippen LogP contribution >= 0.6 is 24.0 Å². The van der Waals surface area contributed by atoms with Crippen LogP contribution in [0, 0.1) is 5.92 Å². The van der Waals surface area contributed by atoms with E-state index in [9.17, 15) is 8.42 Å². The molecule has 1 aliphatic heterocycles. The standard InChI is InChI=1S/C14H29N3O2S.HI/c1-6-11(2)16-13(17-14(3,4)5)15-9-12-7-8-20(18,19)10-12;/h11-12H,6-10H2,1-5H3,(H2,15,16,17);1H. The SMILES string of the molecule is CCC(C)NC(=NCC1CCS(=O)(=O)C1)NC(C)(C)C.I. The van der Waals surface area contributed by atoms with Crippen molar-refractivity contribution < 1.29 is 8.42 Å². The Morgan fingerprint density at radius 1 is 1.38 bits per heavy atom. The summed E-state index contributed by atoms with van der Waals surface area (Å²) in [5.41, 5.74) is -0.0684. The summed E-state index contributed by atoms with van der Waals surface area (Å²) in [6.45, 7) is 11.1. The second-order valence-corrected chi connectivity index (χ2v) is 9.02. The van der Waals surface area contributed by atoms with Crippen LogP contribution in [-0.2, 0) is 9.84 Å². The highest BCUT2D eigenvalue weighted by atomic mass is 127. The molecule has 0 spiro atoms. The Bertz CT molecular complexity index is 444. The first kappa shape index (κ1) is 20.9. The minimum absolute atomic E-state index is 0. The molecule has 2 unspecified atom stereocenters. The summed E-state index contributed by atoms with van der Waals surface area (Å²) in [5, 5.41) is 6.71. The van der Waals surface area contributed by atoms with Gasteiger partial charge in [-0.1, -0.05) is 6.92 Å². The highest BCUT2D eigenvalue weighted by Crippen LogP contribution is 2.18. The van der Waals surface area contributed by atoms with Crippen molar-refractivity contribution in [2.45, 2.75) is 59.0 Å². The van der Waals surface area contributed by atoms with Crippen molar-refractivity contribution in [2.24, 2.45) is 10.9 Å². The molecule has 0 bridgehead atoms. The predicted octanol–water partition coefficient (Wildman–Crippen LogP) is 2.17. The lowest BCUT2D eigenvalue weighted by Crippen LogP contribution is -2.50. The van der Waals surface area contributed by atoms with E-state index < -0.39 is 9.84 Å². The van der Waals surface area contributed by atoms with Crippen LogP contribution in [0.2, 0.25) is 0 Å². The minimum atomic E-state index is -2.82. The zero-order valence-electron chi connectivity index (χ0n) is 13.8. The first-order chi connectivity index (χ1) is 9.11. The van der Waals surface area contributed by atoms with Gasteiger partial charge in [0.25, 0.3) is 0 Å². The molecule has 7 heteroatoms.